The summed E-state index contributed by atoms with van der Waals surface area (Å²) >= 11 is 0. The van der Waals surface area contributed by atoms with Gasteiger partial charge >= 0.3 is 0 Å². The summed E-state index contributed by atoms with van der Waals surface area (Å²) in [7, 11) is 0. The van der Waals surface area contributed by atoms with E-state index in [0.29, 0.717) is 12.0 Å². The summed E-state index contributed by atoms with van der Waals surface area (Å²) in [5.74, 6) is 2.71. The molecule has 0 saturated carbocycles. The normalized spacial score (nSPS) is 25.8. The lowest BCUT2D eigenvalue weighted by molar-refractivity contribution is 0.169. The van der Waals surface area contributed by atoms with Gasteiger partial charge in [-0.05, 0) is 46.2 Å². The second-order valence-corrected chi connectivity index (χ2v) is 6.27. The molecule has 1 saturated heterocycles. The van der Waals surface area contributed by atoms with Crippen molar-refractivity contribution in [2.75, 3.05) is 13.1 Å². The molecule has 3 heterocycles. The zero-order valence-electron chi connectivity index (χ0n) is 12.0. The van der Waals surface area contributed by atoms with Gasteiger partial charge in [-0.2, -0.15) is 5.10 Å². The third kappa shape index (κ3) is 2.67. The quantitative estimate of drug-likeness (QED) is 0.869. The SMILES string of the molecule is CC(C)N1CCC(c2nc3n(n2)CCC(N)C3)CC1. The number of likely N-dealkylation sites (tertiary alicyclic amines) is 1. The molecule has 19 heavy (non-hydrogen) atoms. The number of hydrogen-bond acceptors (Lipinski definition) is 4. The van der Waals surface area contributed by atoms with E-state index >= 15 is 0 Å². The first kappa shape index (κ1) is 13.1. The maximum atomic E-state index is 6.00. The lowest BCUT2D eigenvalue weighted by Gasteiger charge is -2.33. The summed E-state index contributed by atoms with van der Waals surface area (Å²) in [4.78, 5) is 7.29. The second kappa shape index (κ2) is 5.21. The van der Waals surface area contributed by atoms with Gasteiger partial charge in [-0.1, -0.05) is 0 Å². The second-order valence-electron chi connectivity index (χ2n) is 6.27. The molecule has 0 bridgehead atoms. The number of nitrogens with two attached hydrogens (primary N) is 1. The largest absolute Gasteiger partial charge is 0.327 e. The fourth-order valence-corrected chi connectivity index (χ4v) is 3.20. The van der Waals surface area contributed by atoms with Crippen LogP contribution in [0.1, 0.15) is 50.7 Å². The Morgan fingerprint density at radius 3 is 2.58 bits per heavy atom. The van der Waals surface area contributed by atoms with E-state index in [0.717, 1.165) is 31.0 Å². The van der Waals surface area contributed by atoms with Crippen molar-refractivity contribution < 1.29 is 0 Å². The van der Waals surface area contributed by atoms with Gasteiger partial charge in [0.15, 0.2) is 5.82 Å². The molecule has 1 aromatic rings. The maximum absolute atomic E-state index is 6.00. The van der Waals surface area contributed by atoms with Gasteiger partial charge in [0, 0.05) is 31.0 Å². The van der Waals surface area contributed by atoms with Crippen molar-refractivity contribution in [2.45, 2.75) is 64.1 Å². The van der Waals surface area contributed by atoms with Gasteiger partial charge in [0.2, 0.25) is 0 Å². The van der Waals surface area contributed by atoms with Gasteiger partial charge in [-0.15, -0.1) is 0 Å². The molecular formula is C14H25N5. The Labute approximate surface area is 115 Å². The zero-order chi connectivity index (χ0) is 13.4. The molecule has 1 fully saturated rings. The summed E-state index contributed by atoms with van der Waals surface area (Å²) in [5.41, 5.74) is 6.00. The highest BCUT2D eigenvalue weighted by Gasteiger charge is 2.27. The van der Waals surface area contributed by atoms with Crippen LogP contribution in [0.3, 0.4) is 0 Å². The van der Waals surface area contributed by atoms with Crippen LogP contribution in [0.5, 0.6) is 0 Å². The molecule has 0 aliphatic carbocycles. The van der Waals surface area contributed by atoms with E-state index in [1.165, 1.54) is 25.9 Å². The molecule has 0 spiro atoms. The fraction of sp³-hybridized carbons (Fsp3) is 0.857. The van der Waals surface area contributed by atoms with E-state index in [-0.39, 0.29) is 6.04 Å². The molecule has 1 aromatic heterocycles. The van der Waals surface area contributed by atoms with Crippen molar-refractivity contribution in [1.82, 2.24) is 19.7 Å². The highest BCUT2D eigenvalue weighted by atomic mass is 15.4. The van der Waals surface area contributed by atoms with Crippen LogP contribution in [0.2, 0.25) is 0 Å². The topological polar surface area (TPSA) is 60.0 Å². The Kier molecular flexibility index (Phi) is 3.58. The highest BCUT2D eigenvalue weighted by Crippen LogP contribution is 2.27. The number of nitrogens with zero attached hydrogens (tertiary/aromatic N) is 4. The Morgan fingerprint density at radius 2 is 1.89 bits per heavy atom. The van der Waals surface area contributed by atoms with E-state index in [1.807, 2.05) is 0 Å². The van der Waals surface area contributed by atoms with Crippen LogP contribution in [-0.2, 0) is 13.0 Å². The number of aryl methyl sites for hydroxylation is 1. The van der Waals surface area contributed by atoms with Crippen LogP contribution >= 0.6 is 0 Å². The average Bonchev–Trinajstić information content (AvgIpc) is 2.81. The number of fused-ring (bicyclic) bond motifs is 1. The van der Waals surface area contributed by atoms with Gasteiger partial charge < -0.3 is 10.6 Å². The van der Waals surface area contributed by atoms with E-state index in [2.05, 4.69) is 23.4 Å². The first-order valence-corrected chi connectivity index (χ1v) is 7.56. The average molecular weight is 263 g/mol. The molecule has 0 radical (unpaired) electrons. The smallest absolute Gasteiger partial charge is 0.154 e. The van der Waals surface area contributed by atoms with Crippen LogP contribution < -0.4 is 5.73 Å². The zero-order valence-corrected chi connectivity index (χ0v) is 12.0. The molecule has 106 valence electrons. The van der Waals surface area contributed by atoms with Crippen molar-refractivity contribution in [3.8, 4) is 0 Å². The third-order valence-corrected chi connectivity index (χ3v) is 4.55. The highest BCUT2D eigenvalue weighted by molar-refractivity contribution is 5.04. The minimum absolute atomic E-state index is 0.271. The summed E-state index contributed by atoms with van der Waals surface area (Å²) in [5, 5.41) is 4.71. The molecule has 5 nitrogen and oxygen atoms in total. The predicted octanol–water partition coefficient (Wildman–Crippen LogP) is 1.14. The molecule has 3 rings (SSSR count). The van der Waals surface area contributed by atoms with Crippen molar-refractivity contribution in [3.63, 3.8) is 0 Å². The third-order valence-electron chi connectivity index (χ3n) is 4.55. The molecule has 0 aromatic carbocycles. The van der Waals surface area contributed by atoms with E-state index in [4.69, 9.17) is 15.8 Å². The molecule has 0 amide bonds. The lowest BCUT2D eigenvalue weighted by atomic mass is 9.95. The molecule has 1 unspecified atom stereocenters. The van der Waals surface area contributed by atoms with Crippen LogP contribution in [0.25, 0.3) is 0 Å². The van der Waals surface area contributed by atoms with Gasteiger partial charge in [-0.3, -0.25) is 0 Å². The molecule has 2 aliphatic heterocycles. The lowest BCUT2D eigenvalue weighted by Crippen LogP contribution is -2.38. The monoisotopic (exact) mass is 263 g/mol. The standard InChI is InChI=1S/C14H25N5/c1-10(2)18-6-3-11(4-7-18)14-16-13-9-12(15)5-8-19(13)17-14/h10-12H,3-9,15H2,1-2H3. The van der Waals surface area contributed by atoms with Crippen LogP contribution in [0.15, 0.2) is 0 Å². The minimum atomic E-state index is 0.271. The van der Waals surface area contributed by atoms with Gasteiger partial charge in [-0.25, -0.2) is 9.67 Å². The van der Waals surface area contributed by atoms with Gasteiger partial charge in [0.1, 0.15) is 5.82 Å². The summed E-state index contributed by atoms with van der Waals surface area (Å²) < 4.78 is 2.08. The maximum Gasteiger partial charge on any atom is 0.154 e. The van der Waals surface area contributed by atoms with Crippen LogP contribution in [-0.4, -0.2) is 44.8 Å². The van der Waals surface area contributed by atoms with Crippen LogP contribution in [0, 0.1) is 0 Å². The molecule has 1 atom stereocenters. The van der Waals surface area contributed by atoms with Crippen LogP contribution in [0.4, 0.5) is 0 Å². The number of rotatable bonds is 2. The van der Waals surface area contributed by atoms with Crippen molar-refractivity contribution >= 4 is 0 Å². The molecule has 5 heteroatoms. The fourth-order valence-electron chi connectivity index (χ4n) is 3.20. The van der Waals surface area contributed by atoms with Gasteiger partial charge in [0.05, 0.1) is 0 Å². The van der Waals surface area contributed by atoms with E-state index < -0.39 is 0 Å². The summed E-state index contributed by atoms with van der Waals surface area (Å²) in [6.07, 6.45) is 4.29. The summed E-state index contributed by atoms with van der Waals surface area (Å²) in [6, 6.07) is 0.925. The van der Waals surface area contributed by atoms with E-state index in [9.17, 15) is 0 Å². The van der Waals surface area contributed by atoms with Gasteiger partial charge in [0.25, 0.3) is 0 Å². The van der Waals surface area contributed by atoms with E-state index in [1.54, 1.807) is 0 Å². The van der Waals surface area contributed by atoms with Crippen molar-refractivity contribution in [1.29, 1.82) is 0 Å². The number of aromatic nitrogens is 3. The number of hydrogen-bond donors (Lipinski definition) is 1. The Balaban J connectivity index is 1.67. The minimum Gasteiger partial charge on any atom is -0.327 e. The molecular weight excluding hydrogens is 238 g/mol. The van der Waals surface area contributed by atoms with Crippen molar-refractivity contribution in [2.24, 2.45) is 5.73 Å². The predicted molar refractivity (Wildman–Crippen MR) is 75.0 cm³/mol. The molecule has 2 aliphatic rings. The molecule has 2 N–H and O–H groups in total. The summed E-state index contributed by atoms with van der Waals surface area (Å²) in [6.45, 7) is 7.83. The number of piperidine rings is 1. The first-order chi connectivity index (χ1) is 9.13. The first-order valence-electron chi connectivity index (χ1n) is 7.56. The van der Waals surface area contributed by atoms with Crippen molar-refractivity contribution in [3.05, 3.63) is 11.6 Å². The Hall–Kier alpha value is -0.940. The Bertz CT molecular complexity index is 431. The Morgan fingerprint density at radius 1 is 1.16 bits per heavy atom.